The number of carbonyl (C=O) groups is 2. The van der Waals surface area contributed by atoms with Crippen LogP contribution in [0, 0.1) is 0 Å². The number of allylic oxidation sites excluding steroid dienone is 12. The lowest BCUT2D eigenvalue weighted by atomic mass is 10.1. The molecule has 2 atom stereocenters. The van der Waals surface area contributed by atoms with E-state index in [-0.39, 0.29) is 32.1 Å². The largest absolute Gasteiger partial charge is 0.472 e. The Morgan fingerprint density at radius 1 is 0.525 bits per heavy atom. The first kappa shape index (κ1) is 58.5. The Labute approximate surface area is 373 Å². The number of nitrogens with one attached hydrogen (secondary N) is 1. The Kier molecular flexibility index (Phi) is 45.0. The second-order valence-electron chi connectivity index (χ2n) is 16.0. The van der Waals surface area contributed by atoms with Gasteiger partial charge in [0.05, 0.1) is 13.2 Å². The first-order chi connectivity index (χ1) is 29.8. The maximum atomic E-state index is 12.1. The summed E-state index contributed by atoms with van der Waals surface area (Å²) in [6.45, 7) is 3.42. The first-order valence-corrected chi connectivity index (χ1v) is 25.9. The van der Waals surface area contributed by atoms with Crippen molar-refractivity contribution in [3.05, 3.63) is 72.9 Å². The number of esters is 1. The normalized spacial score (nSPS) is 13.8. The highest BCUT2D eigenvalue weighted by molar-refractivity contribution is 7.47. The number of phosphoric acid groups is 1. The fraction of sp³-hybridized carbons (Fsp3) is 0.725. The molecule has 352 valence electrons. The summed E-state index contributed by atoms with van der Waals surface area (Å²) in [5.74, 6) is -0.533. The molecule has 10 heteroatoms. The van der Waals surface area contributed by atoms with E-state index in [9.17, 15) is 24.2 Å². The molecule has 0 aromatic carbocycles. The number of amides is 1. The summed E-state index contributed by atoms with van der Waals surface area (Å²) in [4.78, 5) is 34.0. The zero-order valence-electron chi connectivity index (χ0n) is 38.8. The van der Waals surface area contributed by atoms with Crippen LogP contribution in [0.2, 0.25) is 0 Å². The SMILES string of the molecule is CC/C=C\C/C=C\C/C=C\C/C=C\C/C=C\CCCCCCCCCC(=O)OCC(O)COP(=O)(O)OCCNC(=O)CCCCCCCCC/C=C\CCCCCCCC. The van der Waals surface area contributed by atoms with E-state index in [0.29, 0.717) is 6.42 Å². The predicted octanol–water partition coefficient (Wildman–Crippen LogP) is 14.2. The van der Waals surface area contributed by atoms with Gasteiger partial charge in [0.25, 0.3) is 0 Å². The van der Waals surface area contributed by atoms with Crippen LogP contribution >= 0.6 is 7.82 Å². The van der Waals surface area contributed by atoms with Gasteiger partial charge in [0.15, 0.2) is 0 Å². The molecule has 9 nitrogen and oxygen atoms in total. The van der Waals surface area contributed by atoms with E-state index in [1.165, 1.54) is 96.3 Å². The van der Waals surface area contributed by atoms with Crippen molar-refractivity contribution in [1.29, 1.82) is 0 Å². The number of rotatable bonds is 45. The van der Waals surface area contributed by atoms with Crippen LogP contribution in [0.4, 0.5) is 0 Å². The van der Waals surface area contributed by atoms with E-state index < -0.39 is 26.5 Å². The molecule has 0 aliphatic rings. The number of carbonyl (C=O) groups excluding carboxylic acids is 2. The van der Waals surface area contributed by atoms with E-state index in [1.54, 1.807) is 0 Å². The number of aliphatic hydroxyl groups is 1. The summed E-state index contributed by atoms with van der Waals surface area (Å²) in [6.07, 6.45) is 58.3. The first-order valence-electron chi connectivity index (χ1n) is 24.4. The summed E-state index contributed by atoms with van der Waals surface area (Å²) < 4.78 is 26.9. The number of unbranched alkanes of at least 4 members (excludes halogenated alkanes) is 20. The summed E-state index contributed by atoms with van der Waals surface area (Å²) in [5, 5.41) is 12.7. The van der Waals surface area contributed by atoms with Crippen LogP contribution in [0.5, 0.6) is 0 Å². The minimum absolute atomic E-state index is 0.0755. The van der Waals surface area contributed by atoms with Crippen LogP contribution < -0.4 is 5.32 Å². The Bertz CT molecular complexity index is 1230. The molecule has 0 heterocycles. The van der Waals surface area contributed by atoms with Gasteiger partial charge in [0.2, 0.25) is 5.91 Å². The third-order valence-corrected chi connectivity index (χ3v) is 11.1. The third kappa shape index (κ3) is 48.3. The van der Waals surface area contributed by atoms with Gasteiger partial charge >= 0.3 is 13.8 Å². The van der Waals surface area contributed by atoms with Gasteiger partial charge in [-0.1, -0.05) is 183 Å². The van der Waals surface area contributed by atoms with Gasteiger partial charge < -0.3 is 20.1 Å². The van der Waals surface area contributed by atoms with E-state index >= 15 is 0 Å². The highest BCUT2D eigenvalue weighted by Crippen LogP contribution is 2.42. The van der Waals surface area contributed by atoms with Crippen LogP contribution in [0.1, 0.15) is 206 Å². The lowest BCUT2D eigenvalue weighted by Crippen LogP contribution is -2.27. The fourth-order valence-electron chi connectivity index (χ4n) is 6.46. The Morgan fingerprint density at radius 3 is 1.43 bits per heavy atom. The zero-order valence-corrected chi connectivity index (χ0v) is 39.7. The lowest BCUT2D eigenvalue weighted by Gasteiger charge is -2.15. The second kappa shape index (κ2) is 46.9. The van der Waals surface area contributed by atoms with Crippen LogP contribution in [-0.2, 0) is 27.9 Å². The molecule has 0 aromatic rings. The van der Waals surface area contributed by atoms with Crippen molar-refractivity contribution in [1.82, 2.24) is 5.32 Å². The van der Waals surface area contributed by atoms with Crippen molar-refractivity contribution < 1.29 is 37.9 Å². The van der Waals surface area contributed by atoms with E-state index in [0.717, 1.165) is 83.5 Å². The highest BCUT2D eigenvalue weighted by atomic mass is 31.2. The summed E-state index contributed by atoms with van der Waals surface area (Å²) in [7, 11) is -4.43. The quantitative estimate of drug-likeness (QED) is 0.0239. The van der Waals surface area contributed by atoms with E-state index in [4.69, 9.17) is 13.8 Å². The topological polar surface area (TPSA) is 131 Å². The number of phosphoric ester groups is 1. The van der Waals surface area contributed by atoms with E-state index in [2.05, 4.69) is 92.1 Å². The van der Waals surface area contributed by atoms with Gasteiger partial charge in [-0.15, -0.1) is 0 Å². The molecule has 0 saturated carbocycles. The Balaban J connectivity index is 3.62. The molecule has 0 spiro atoms. The molecule has 1 amide bonds. The maximum absolute atomic E-state index is 12.1. The summed E-state index contributed by atoms with van der Waals surface area (Å²) in [6, 6.07) is 0. The van der Waals surface area contributed by atoms with Gasteiger partial charge in [-0.25, -0.2) is 4.57 Å². The third-order valence-electron chi connectivity index (χ3n) is 10.1. The molecule has 0 bridgehead atoms. The van der Waals surface area contributed by atoms with Gasteiger partial charge in [-0.3, -0.25) is 18.6 Å². The van der Waals surface area contributed by atoms with Crippen molar-refractivity contribution in [3.63, 3.8) is 0 Å². The van der Waals surface area contributed by atoms with Gasteiger partial charge in [-0.05, 0) is 83.5 Å². The second-order valence-corrected chi connectivity index (χ2v) is 17.5. The molecule has 0 fully saturated rings. The zero-order chi connectivity index (χ0) is 44.6. The summed E-state index contributed by atoms with van der Waals surface area (Å²) in [5.41, 5.74) is 0. The highest BCUT2D eigenvalue weighted by Gasteiger charge is 2.23. The predicted molar refractivity (Wildman–Crippen MR) is 256 cm³/mol. The van der Waals surface area contributed by atoms with Crippen LogP contribution in [0.25, 0.3) is 0 Å². The Hall–Kier alpha value is -2.55. The molecule has 0 saturated heterocycles. The standard InChI is InChI=1S/C51H90NO8P/c1-3-5-7-9-11-13-15-17-19-21-22-23-24-25-26-28-30-32-34-36-38-40-42-44-51(55)58-47-49(53)48-60-61(56,57)59-46-45-52-50(54)43-41-39-37-35-33-31-29-27-20-18-16-14-12-10-8-6-4-2/h5,7,11,13,17-20,22-23,25-26,49,53H,3-4,6,8-10,12,14-16,21,24,27-48H2,1-2H3,(H,52,54)(H,56,57)/b7-5-,13-11-,19-17-,20-18-,23-22-,26-25-. The molecular formula is C51H90NO8P. The minimum atomic E-state index is -4.43. The van der Waals surface area contributed by atoms with Crippen molar-refractivity contribution in [2.75, 3.05) is 26.4 Å². The molecule has 0 aromatic heterocycles. The van der Waals surface area contributed by atoms with Crippen LogP contribution in [-0.4, -0.2) is 54.3 Å². The molecule has 3 N–H and O–H groups in total. The smallest absolute Gasteiger partial charge is 0.463 e. The summed E-state index contributed by atoms with van der Waals surface area (Å²) >= 11 is 0. The number of hydrogen-bond donors (Lipinski definition) is 3. The van der Waals surface area contributed by atoms with Gasteiger partial charge in [0, 0.05) is 19.4 Å². The van der Waals surface area contributed by atoms with Gasteiger partial charge in [-0.2, -0.15) is 0 Å². The molecule has 61 heavy (non-hydrogen) atoms. The van der Waals surface area contributed by atoms with Crippen molar-refractivity contribution >= 4 is 19.7 Å². The molecule has 0 rings (SSSR count). The lowest BCUT2D eigenvalue weighted by molar-refractivity contribution is -0.147. The average molecular weight is 876 g/mol. The number of aliphatic hydroxyl groups excluding tert-OH is 1. The average Bonchev–Trinajstić information content (AvgIpc) is 3.25. The maximum Gasteiger partial charge on any atom is 0.472 e. The fourth-order valence-corrected chi connectivity index (χ4v) is 7.22. The van der Waals surface area contributed by atoms with E-state index in [1.807, 2.05) is 0 Å². The Morgan fingerprint density at radius 2 is 0.934 bits per heavy atom. The van der Waals surface area contributed by atoms with Crippen LogP contribution in [0.3, 0.4) is 0 Å². The van der Waals surface area contributed by atoms with Crippen molar-refractivity contribution in [2.45, 2.75) is 213 Å². The molecule has 0 radical (unpaired) electrons. The minimum Gasteiger partial charge on any atom is -0.463 e. The molecular weight excluding hydrogens is 786 g/mol. The van der Waals surface area contributed by atoms with Crippen LogP contribution in [0.15, 0.2) is 72.9 Å². The van der Waals surface area contributed by atoms with Crippen molar-refractivity contribution in [3.8, 4) is 0 Å². The molecule has 0 aliphatic carbocycles. The number of ether oxygens (including phenoxy) is 1. The molecule has 0 aliphatic heterocycles. The van der Waals surface area contributed by atoms with Gasteiger partial charge in [0.1, 0.15) is 12.7 Å². The molecule has 2 unspecified atom stereocenters. The number of hydrogen-bond acceptors (Lipinski definition) is 7. The monoisotopic (exact) mass is 876 g/mol. The van der Waals surface area contributed by atoms with Crippen molar-refractivity contribution in [2.24, 2.45) is 0 Å².